The molecule has 186 valence electrons. The number of benzene rings is 4. The molecule has 4 rings (SSSR count). The predicted octanol–water partition coefficient (Wildman–Crippen LogP) is 7.31. The molecule has 0 aliphatic carbocycles. The minimum atomic E-state index is -0.849. The second kappa shape index (κ2) is 12.9. The SMILES string of the molecule is CC(C)(C#Cc1ccccc1)OC(=O)CCCOc1ccc([S+](c2ccccc2)c2ccccc2)cc1. The third-order valence-corrected chi connectivity index (χ3v) is 7.69. The van der Waals surface area contributed by atoms with Gasteiger partial charge in [0.05, 0.1) is 17.5 Å². The van der Waals surface area contributed by atoms with Gasteiger partial charge in [-0.1, -0.05) is 66.4 Å². The van der Waals surface area contributed by atoms with Crippen LogP contribution in [0.1, 0.15) is 32.3 Å². The Kier molecular flexibility index (Phi) is 9.08. The van der Waals surface area contributed by atoms with Crippen LogP contribution >= 0.6 is 0 Å². The fourth-order valence-corrected chi connectivity index (χ4v) is 5.79. The van der Waals surface area contributed by atoms with Gasteiger partial charge in [-0.3, -0.25) is 4.79 Å². The summed E-state index contributed by atoms with van der Waals surface area (Å²) in [6.45, 7) is 4.04. The summed E-state index contributed by atoms with van der Waals surface area (Å²) in [5, 5.41) is 0. The summed E-state index contributed by atoms with van der Waals surface area (Å²) in [5.41, 5.74) is 0.0451. The Balaban J connectivity index is 1.29. The second-order valence-electron chi connectivity index (χ2n) is 8.96. The van der Waals surface area contributed by atoms with Crippen LogP contribution in [0.4, 0.5) is 0 Å². The van der Waals surface area contributed by atoms with Crippen molar-refractivity contribution in [3.63, 3.8) is 0 Å². The van der Waals surface area contributed by atoms with E-state index in [4.69, 9.17) is 9.47 Å². The lowest BCUT2D eigenvalue weighted by atomic mass is 10.1. The lowest BCUT2D eigenvalue weighted by molar-refractivity contribution is -0.152. The molecule has 0 saturated heterocycles. The summed E-state index contributed by atoms with van der Waals surface area (Å²) < 4.78 is 11.5. The van der Waals surface area contributed by atoms with Gasteiger partial charge in [0.1, 0.15) is 5.75 Å². The van der Waals surface area contributed by atoms with Gasteiger partial charge in [0.25, 0.3) is 0 Å². The quantitative estimate of drug-likeness (QED) is 0.103. The smallest absolute Gasteiger partial charge is 0.307 e. The van der Waals surface area contributed by atoms with Crippen molar-refractivity contribution in [1.82, 2.24) is 0 Å². The third-order valence-electron chi connectivity index (χ3n) is 5.46. The molecule has 0 aromatic heterocycles. The summed E-state index contributed by atoms with van der Waals surface area (Å²) in [5.74, 6) is 6.61. The Morgan fingerprint density at radius 3 is 1.81 bits per heavy atom. The Hall–Kier alpha value is -3.94. The lowest BCUT2D eigenvalue weighted by Crippen LogP contribution is -2.26. The zero-order chi connectivity index (χ0) is 25.9. The molecule has 4 aromatic carbocycles. The van der Waals surface area contributed by atoms with E-state index < -0.39 is 5.60 Å². The average molecular weight is 508 g/mol. The van der Waals surface area contributed by atoms with Crippen LogP contribution in [0.15, 0.2) is 130 Å². The van der Waals surface area contributed by atoms with Gasteiger partial charge in [-0.2, -0.15) is 0 Å². The van der Waals surface area contributed by atoms with E-state index in [2.05, 4.69) is 72.5 Å². The normalized spacial score (nSPS) is 10.9. The van der Waals surface area contributed by atoms with Gasteiger partial charge >= 0.3 is 5.97 Å². The molecular formula is C33H31O3S+. The Morgan fingerprint density at radius 2 is 1.24 bits per heavy atom. The highest BCUT2D eigenvalue weighted by Crippen LogP contribution is 2.31. The van der Waals surface area contributed by atoms with Gasteiger partial charge in [0, 0.05) is 12.0 Å². The molecule has 3 nitrogen and oxygen atoms in total. The second-order valence-corrected chi connectivity index (χ2v) is 11.0. The van der Waals surface area contributed by atoms with Crippen LogP contribution in [-0.4, -0.2) is 18.2 Å². The van der Waals surface area contributed by atoms with E-state index >= 15 is 0 Å². The average Bonchev–Trinajstić information content (AvgIpc) is 2.93. The third kappa shape index (κ3) is 8.03. The molecule has 0 bridgehead atoms. The number of hydrogen-bond acceptors (Lipinski definition) is 3. The van der Waals surface area contributed by atoms with Gasteiger partial charge < -0.3 is 9.47 Å². The molecule has 0 atom stereocenters. The molecule has 0 aliphatic heterocycles. The molecule has 0 N–H and O–H groups in total. The Labute approximate surface area is 222 Å². The maximum absolute atomic E-state index is 12.3. The van der Waals surface area contributed by atoms with Crippen molar-refractivity contribution in [2.45, 2.75) is 47.0 Å². The summed E-state index contributed by atoms with van der Waals surface area (Å²) in [4.78, 5) is 16.1. The molecule has 0 saturated carbocycles. The highest BCUT2D eigenvalue weighted by Gasteiger charge is 2.28. The van der Waals surface area contributed by atoms with Crippen molar-refractivity contribution in [3.05, 3.63) is 121 Å². The largest absolute Gasteiger partial charge is 0.494 e. The molecule has 0 aliphatic rings. The fraction of sp³-hybridized carbons (Fsp3) is 0.182. The van der Waals surface area contributed by atoms with Crippen molar-refractivity contribution < 1.29 is 14.3 Å². The fourth-order valence-electron chi connectivity index (χ4n) is 3.71. The summed E-state index contributed by atoms with van der Waals surface area (Å²) in [7, 11) is -0.188. The molecule has 37 heavy (non-hydrogen) atoms. The lowest BCUT2D eigenvalue weighted by Gasteiger charge is -2.18. The van der Waals surface area contributed by atoms with Gasteiger partial charge in [-0.25, -0.2) is 0 Å². The van der Waals surface area contributed by atoms with Crippen LogP contribution in [0.3, 0.4) is 0 Å². The van der Waals surface area contributed by atoms with Crippen LogP contribution < -0.4 is 4.74 Å². The summed E-state index contributed by atoms with van der Waals surface area (Å²) in [6, 6.07) is 39.0. The molecule has 0 spiro atoms. The first-order valence-corrected chi connectivity index (χ1v) is 13.6. The number of carbonyl (C=O) groups is 1. The molecule has 4 heteroatoms. The Bertz CT molecular complexity index is 1280. The molecule has 0 heterocycles. The first-order chi connectivity index (χ1) is 18.0. The van der Waals surface area contributed by atoms with Crippen molar-refractivity contribution in [3.8, 4) is 17.6 Å². The van der Waals surface area contributed by atoms with Crippen LogP contribution in [0.5, 0.6) is 5.75 Å². The van der Waals surface area contributed by atoms with Crippen molar-refractivity contribution >= 4 is 16.9 Å². The molecule has 0 radical (unpaired) electrons. The first kappa shape index (κ1) is 26.1. The van der Waals surface area contributed by atoms with Crippen LogP contribution in [-0.2, 0) is 20.4 Å². The molecule has 0 unspecified atom stereocenters. The molecule has 0 amide bonds. The van der Waals surface area contributed by atoms with E-state index in [-0.39, 0.29) is 23.3 Å². The van der Waals surface area contributed by atoms with E-state index in [1.54, 1.807) is 13.8 Å². The number of esters is 1. The minimum absolute atomic E-state index is 0.188. The maximum Gasteiger partial charge on any atom is 0.307 e. The number of rotatable bonds is 9. The zero-order valence-corrected chi connectivity index (χ0v) is 22.0. The van der Waals surface area contributed by atoms with E-state index in [1.807, 2.05) is 54.6 Å². The predicted molar refractivity (Wildman–Crippen MR) is 150 cm³/mol. The summed E-state index contributed by atoms with van der Waals surface area (Å²) >= 11 is 0. The van der Waals surface area contributed by atoms with Crippen LogP contribution in [0, 0.1) is 11.8 Å². The summed E-state index contributed by atoms with van der Waals surface area (Å²) in [6.07, 6.45) is 0.848. The topological polar surface area (TPSA) is 35.5 Å². The molecule has 4 aromatic rings. The highest BCUT2D eigenvalue weighted by atomic mass is 32.2. The standard InChI is InChI=1S/C33H31O3S/c1-33(2,25-24-27-13-6-3-7-14-27)36-32(34)19-12-26-35-28-20-22-31(23-21-28)37(29-15-8-4-9-16-29)30-17-10-5-11-18-30/h3-11,13-18,20-23H,12,19,26H2,1-2H3/q+1. The first-order valence-electron chi connectivity index (χ1n) is 12.4. The van der Waals surface area contributed by atoms with Crippen molar-refractivity contribution in [2.24, 2.45) is 0 Å². The Morgan fingerprint density at radius 1 is 0.730 bits per heavy atom. The van der Waals surface area contributed by atoms with E-state index in [1.165, 1.54) is 14.7 Å². The monoisotopic (exact) mass is 507 g/mol. The van der Waals surface area contributed by atoms with Crippen LogP contribution in [0.25, 0.3) is 0 Å². The molecular weight excluding hydrogens is 476 g/mol. The molecule has 0 fully saturated rings. The maximum atomic E-state index is 12.3. The van der Waals surface area contributed by atoms with E-state index in [9.17, 15) is 4.79 Å². The van der Waals surface area contributed by atoms with E-state index in [0.29, 0.717) is 13.0 Å². The van der Waals surface area contributed by atoms with E-state index in [0.717, 1.165) is 11.3 Å². The number of hydrogen-bond donors (Lipinski definition) is 0. The zero-order valence-electron chi connectivity index (χ0n) is 21.2. The van der Waals surface area contributed by atoms with Gasteiger partial charge in [-0.15, -0.1) is 0 Å². The van der Waals surface area contributed by atoms with Gasteiger partial charge in [0.15, 0.2) is 20.3 Å². The highest BCUT2D eigenvalue weighted by molar-refractivity contribution is 7.97. The van der Waals surface area contributed by atoms with Crippen molar-refractivity contribution in [1.29, 1.82) is 0 Å². The van der Waals surface area contributed by atoms with Gasteiger partial charge in [-0.05, 0) is 80.9 Å². The number of ether oxygens (including phenoxy) is 2. The minimum Gasteiger partial charge on any atom is -0.494 e. The van der Waals surface area contributed by atoms with Gasteiger partial charge in [0.2, 0.25) is 0 Å². The number of carbonyl (C=O) groups excluding carboxylic acids is 1. The van der Waals surface area contributed by atoms with Crippen LogP contribution in [0.2, 0.25) is 0 Å². The van der Waals surface area contributed by atoms with Crippen molar-refractivity contribution in [2.75, 3.05) is 6.61 Å².